The third kappa shape index (κ3) is 4.13. The number of aromatic nitrogens is 1. The molecule has 7 nitrogen and oxygen atoms in total. The number of likely N-dealkylation sites (N-methyl/N-ethyl adjacent to an activating group) is 1. The number of carbonyl (C=O) groups excluding carboxylic acids is 1. The molecule has 2 saturated heterocycles. The van der Waals surface area contributed by atoms with Gasteiger partial charge in [0.05, 0.1) is 17.3 Å². The van der Waals surface area contributed by atoms with Gasteiger partial charge in [-0.05, 0) is 44.4 Å². The summed E-state index contributed by atoms with van der Waals surface area (Å²) in [5.41, 5.74) is 0.911. The van der Waals surface area contributed by atoms with E-state index >= 15 is 4.39 Å². The first kappa shape index (κ1) is 21.4. The smallest absolute Gasteiger partial charge is 0.256 e. The first-order chi connectivity index (χ1) is 15.5. The third-order valence-electron chi connectivity index (χ3n) is 6.96. The molecule has 0 bridgehead atoms. The van der Waals surface area contributed by atoms with Crippen molar-refractivity contribution in [1.29, 1.82) is 0 Å². The van der Waals surface area contributed by atoms with Crippen molar-refractivity contribution in [1.82, 2.24) is 14.8 Å². The lowest BCUT2D eigenvalue weighted by molar-refractivity contribution is 0.0856. The van der Waals surface area contributed by atoms with E-state index in [1.165, 1.54) is 6.07 Å². The molecular formula is C24H31FN4O3. The van der Waals surface area contributed by atoms with Gasteiger partial charge < -0.3 is 24.4 Å². The summed E-state index contributed by atoms with van der Waals surface area (Å²) in [4.78, 5) is 30.4. The highest BCUT2D eigenvalue weighted by Gasteiger charge is 2.29. The van der Waals surface area contributed by atoms with Crippen molar-refractivity contribution in [3.05, 3.63) is 39.9 Å². The van der Waals surface area contributed by atoms with Crippen molar-refractivity contribution in [2.45, 2.75) is 44.8 Å². The van der Waals surface area contributed by atoms with Crippen LogP contribution in [0, 0.1) is 5.82 Å². The number of amides is 1. The number of rotatable bonds is 6. The minimum atomic E-state index is -0.415. The summed E-state index contributed by atoms with van der Waals surface area (Å²) in [6.07, 6.45) is 5.56. The fourth-order valence-corrected chi connectivity index (χ4v) is 4.83. The minimum Gasteiger partial charge on any atom is -0.376 e. The molecule has 1 amide bonds. The van der Waals surface area contributed by atoms with Crippen LogP contribution in [0.25, 0.3) is 10.9 Å². The summed E-state index contributed by atoms with van der Waals surface area (Å²) in [6, 6.07) is 3.38. The Hall–Kier alpha value is -2.45. The summed E-state index contributed by atoms with van der Waals surface area (Å²) in [5, 5.41) is 3.11. The number of carbonyl (C=O) groups is 1. The Bertz CT molecular complexity index is 1070. The van der Waals surface area contributed by atoms with Gasteiger partial charge in [0, 0.05) is 57.0 Å². The first-order valence-electron chi connectivity index (χ1n) is 11.8. The maximum atomic E-state index is 15.2. The number of hydrogen-bond acceptors (Lipinski definition) is 5. The number of piperazine rings is 1. The number of pyridine rings is 1. The SMILES string of the molecule is CCN1CCN(c2cc3c(cc2F)c(=O)c(C(=O)NC[C@@H]2CCCO2)cn3C2CC2)CC1. The van der Waals surface area contributed by atoms with Gasteiger partial charge in [-0.2, -0.15) is 0 Å². The molecule has 1 atom stereocenters. The molecule has 0 unspecified atom stereocenters. The van der Waals surface area contributed by atoms with Crippen LogP contribution in [0.2, 0.25) is 0 Å². The summed E-state index contributed by atoms with van der Waals surface area (Å²) < 4.78 is 22.7. The zero-order valence-electron chi connectivity index (χ0n) is 18.6. The molecule has 0 radical (unpaired) electrons. The summed E-state index contributed by atoms with van der Waals surface area (Å²) in [7, 11) is 0. The Morgan fingerprint density at radius 2 is 1.97 bits per heavy atom. The largest absolute Gasteiger partial charge is 0.376 e. The maximum absolute atomic E-state index is 15.2. The van der Waals surface area contributed by atoms with Crippen LogP contribution in [0.3, 0.4) is 0 Å². The van der Waals surface area contributed by atoms with Gasteiger partial charge in [-0.1, -0.05) is 6.92 Å². The minimum absolute atomic E-state index is 0.00163. The topological polar surface area (TPSA) is 66.8 Å². The van der Waals surface area contributed by atoms with Gasteiger partial charge in [-0.3, -0.25) is 9.59 Å². The molecule has 0 spiro atoms. The third-order valence-corrected chi connectivity index (χ3v) is 6.96. The van der Waals surface area contributed by atoms with E-state index in [0.29, 0.717) is 24.4 Å². The van der Waals surface area contributed by atoms with Crippen molar-refractivity contribution in [2.24, 2.45) is 0 Å². The Morgan fingerprint density at radius 3 is 2.62 bits per heavy atom. The molecule has 2 aliphatic heterocycles. The van der Waals surface area contributed by atoms with Crippen molar-refractivity contribution in [3.63, 3.8) is 0 Å². The van der Waals surface area contributed by atoms with Gasteiger partial charge in [-0.15, -0.1) is 0 Å². The van der Waals surface area contributed by atoms with E-state index in [1.807, 2.05) is 4.57 Å². The van der Waals surface area contributed by atoms with Gasteiger partial charge >= 0.3 is 0 Å². The predicted octanol–water partition coefficient (Wildman–Crippen LogP) is 2.53. The lowest BCUT2D eigenvalue weighted by atomic mass is 10.1. The van der Waals surface area contributed by atoms with Crippen molar-refractivity contribution in [3.8, 4) is 0 Å². The molecule has 3 heterocycles. The van der Waals surface area contributed by atoms with E-state index in [4.69, 9.17) is 4.74 Å². The fourth-order valence-electron chi connectivity index (χ4n) is 4.83. The molecule has 32 heavy (non-hydrogen) atoms. The number of nitrogens with zero attached hydrogens (tertiary/aromatic N) is 3. The van der Waals surface area contributed by atoms with E-state index in [2.05, 4.69) is 22.0 Å². The highest BCUT2D eigenvalue weighted by Crippen LogP contribution is 2.38. The number of fused-ring (bicyclic) bond motifs is 1. The zero-order valence-corrected chi connectivity index (χ0v) is 18.6. The van der Waals surface area contributed by atoms with E-state index in [1.54, 1.807) is 12.3 Å². The van der Waals surface area contributed by atoms with E-state index in [-0.39, 0.29) is 23.1 Å². The second kappa shape index (κ2) is 8.83. The number of halogens is 1. The van der Waals surface area contributed by atoms with Crippen LogP contribution in [-0.2, 0) is 4.74 Å². The van der Waals surface area contributed by atoms with Crippen LogP contribution < -0.4 is 15.6 Å². The molecule has 1 N–H and O–H groups in total. The molecule has 2 aromatic rings. The average Bonchev–Trinajstić information content (AvgIpc) is 3.52. The van der Waals surface area contributed by atoms with Crippen LogP contribution in [0.15, 0.2) is 23.1 Å². The summed E-state index contributed by atoms with van der Waals surface area (Å²) in [5.74, 6) is -0.819. The highest BCUT2D eigenvalue weighted by molar-refractivity contribution is 5.98. The first-order valence-corrected chi connectivity index (χ1v) is 11.8. The molecule has 1 aromatic carbocycles. The van der Waals surface area contributed by atoms with Gasteiger partial charge in [0.25, 0.3) is 5.91 Å². The van der Waals surface area contributed by atoms with Crippen LogP contribution in [0.5, 0.6) is 0 Å². The number of nitrogens with one attached hydrogen (secondary N) is 1. The second-order valence-corrected chi connectivity index (χ2v) is 9.10. The lowest BCUT2D eigenvalue weighted by Gasteiger charge is -2.35. The normalized spacial score (nSPS) is 21.9. The molecule has 8 heteroatoms. The van der Waals surface area contributed by atoms with Crippen molar-refractivity contribution < 1.29 is 13.9 Å². The summed E-state index contributed by atoms with van der Waals surface area (Å²) >= 11 is 0. The Kier molecular flexibility index (Phi) is 5.90. The Labute approximate surface area is 187 Å². The second-order valence-electron chi connectivity index (χ2n) is 9.10. The average molecular weight is 443 g/mol. The van der Waals surface area contributed by atoms with Gasteiger partial charge in [-0.25, -0.2) is 4.39 Å². The van der Waals surface area contributed by atoms with Crippen LogP contribution in [-0.4, -0.2) is 67.4 Å². The van der Waals surface area contributed by atoms with E-state index in [9.17, 15) is 9.59 Å². The zero-order chi connectivity index (χ0) is 22.2. The van der Waals surface area contributed by atoms with Crippen LogP contribution in [0.4, 0.5) is 10.1 Å². The van der Waals surface area contributed by atoms with Gasteiger partial charge in [0.15, 0.2) is 0 Å². The van der Waals surface area contributed by atoms with Gasteiger partial charge in [0.2, 0.25) is 5.43 Å². The molecule has 1 aromatic heterocycles. The monoisotopic (exact) mass is 442 g/mol. The molecule has 1 saturated carbocycles. The fraction of sp³-hybridized carbons (Fsp3) is 0.583. The highest BCUT2D eigenvalue weighted by atomic mass is 19.1. The molecule has 3 fully saturated rings. The van der Waals surface area contributed by atoms with Crippen molar-refractivity contribution in [2.75, 3.05) is 50.8 Å². The van der Waals surface area contributed by atoms with Crippen LogP contribution >= 0.6 is 0 Å². The number of ether oxygens (including phenoxy) is 1. The summed E-state index contributed by atoms with van der Waals surface area (Å²) in [6.45, 7) is 7.53. The molecular weight excluding hydrogens is 411 g/mol. The molecule has 1 aliphatic carbocycles. The number of anilines is 1. The molecule has 172 valence electrons. The van der Waals surface area contributed by atoms with E-state index in [0.717, 1.165) is 58.4 Å². The predicted molar refractivity (Wildman–Crippen MR) is 122 cm³/mol. The lowest BCUT2D eigenvalue weighted by Crippen LogP contribution is -2.46. The quantitative estimate of drug-likeness (QED) is 0.745. The number of hydrogen-bond donors (Lipinski definition) is 1. The standard InChI is InChI=1S/C24H31FN4O3/c1-2-27-7-9-28(10-8-27)22-13-21-18(12-20(22)25)23(30)19(15-29(21)16-5-6-16)24(31)26-14-17-4-3-11-32-17/h12-13,15-17H,2-11,14H2,1H3,(H,26,31)/t17-/m0/s1. The van der Waals surface area contributed by atoms with Crippen LogP contribution in [0.1, 0.15) is 49.0 Å². The van der Waals surface area contributed by atoms with Crippen molar-refractivity contribution >= 4 is 22.5 Å². The number of benzene rings is 1. The Balaban J connectivity index is 1.48. The Morgan fingerprint density at radius 1 is 1.19 bits per heavy atom. The van der Waals surface area contributed by atoms with Gasteiger partial charge in [0.1, 0.15) is 11.4 Å². The van der Waals surface area contributed by atoms with E-state index < -0.39 is 17.2 Å². The molecule has 3 aliphatic rings. The molecule has 5 rings (SSSR count). The maximum Gasteiger partial charge on any atom is 0.256 e.